The zero-order chi connectivity index (χ0) is 15.7. The number of nitro benzene ring substituents is 1. The van der Waals surface area contributed by atoms with Crippen LogP contribution in [0.2, 0.25) is 0 Å². The molecule has 0 spiro atoms. The molecule has 0 aliphatic heterocycles. The zero-order valence-corrected chi connectivity index (χ0v) is 11.6. The minimum atomic E-state index is -0.872. The highest BCUT2D eigenvalue weighted by Crippen LogP contribution is 2.27. The highest BCUT2D eigenvalue weighted by atomic mass is 19.1. The van der Waals surface area contributed by atoms with Gasteiger partial charge in [0.25, 0.3) is 0 Å². The van der Waals surface area contributed by atoms with Gasteiger partial charge in [-0.3, -0.25) is 19.8 Å². The Morgan fingerprint density at radius 1 is 1.36 bits per heavy atom. The molecule has 0 aliphatic carbocycles. The van der Waals surface area contributed by atoms with Gasteiger partial charge in [0, 0.05) is 37.0 Å². The molecule has 3 aromatic rings. The summed E-state index contributed by atoms with van der Waals surface area (Å²) in [4.78, 5) is 14.1. The maximum absolute atomic E-state index is 13.7. The third-order valence-corrected chi connectivity index (χ3v) is 3.26. The molecule has 6 nitrogen and oxygen atoms in total. The van der Waals surface area contributed by atoms with Crippen molar-refractivity contribution in [2.75, 3.05) is 0 Å². The first-order chi connectivity index (χ1) is 10.6. The highest BCUT2D eigenvalue weighted by molar-refractivity contribution is 5.91. The number of hydrogen-bond donors (Lipinski definition) is 0. The predicted molar refractivity (Wildman–Crippen MR) is 80.5 cm³/mol. The minimum Gasteiger partial charge on any atom is -0.267 e. The summed E-state index contributed by atoms with van der Waals surface area (Å²) < 4.78 is 15.2. The lowest BCUT2D eigenvalue weighted by molar-refractivity contribution is -0.387. The van der Waals surface area contributed by atoms with E-state index in [9.17, 15) is 14.5 Å². The average Bonchev–Trinajstić information content (AvgIpc) is 2.81. The van der Waals surface area contributed by atoms with Crippen molar-refractivity contribution in [2.24, 2.45) is 7.05 Å². The van der Waals surface area contributed by atoms with E-state index in [4.69, 9.17) is 0 Å². The van der Waals surface area contributed by atoms with Crippen molar-refractivity contribution in [3.05, 3.63) is 63.8 Å². The molecule has 2 heterocycles. The SMILES string of the molecule is Cn1nc(/C=C/c2cccnc2)c2cc([N+](=O)[O-])c(F)cc21. The molecule has 0 amide bonds. The lowest BCUT2D eigenvalue weighted by Crippen LogP contribution is -1.94. The number of benzene rings is 1. The van der Waals surface area contributed by atoms with Crippen LogP contribution in [0.3, 0.4) is 0 Å². The van der Waals surface area contributed by atoms with Gasteiger partial charge in [-0.05, 0) is 17.7 Å². The van der Waals surface area contributed by atoms with Gasteiger partial charge >= 0.3 is 5.69 Å². The van der Waals surface area contributed by atoms with E-state index in [-0.39, 0.29) is 0 Å². The Kier molecular flexibility index (Phi) is 3.38. The van der Waals surface area contributed by atoms with E-state index in [0.29, 0.717) is 16.6 Å². The van der Waals surface area contributed by atoms with Crippen molar-refractivity contribution in [1.29, 1.82) is 0 Å². The first-order valence-electron chi connectivity index (χ1n) is 6.45. The molecule has 110 valence electrons. The van der Waals surface area contributed by atoms with Crippen molar-refractivity contribution in [3.63, 3.8) is 0 Å². The molecule has 3 rings (SSSR count). The van der Waals surface area contributed by atoms with Gasteiger partial charge in [0.2, 0.25) is 5.82 Å². The van der Waals surface area contributed by atoms with Gasteiger partial charge in [0.1, 0.15) is 0 Å². The van der Waals surface area contributed by atoms with Crippen LogP contribution in [-0.2, 0) is 7.05 Å². The number of fused-ring (bicyclic) bond motifs is 1. The summed E-state index contributed by atoms with van der Waals surface area (Å²) >= 11 is 0. The molecule has 2 aromatic heterocycles. The summed E-state index contributed by atoms with van der Waals surface area (Å²) in [5.41, 5.74) is 1.34. The molecule has 0 atom stereocenters. The molecule has 0 radical (unpaired) electrons. The van der Waals surface area contributed by atoms with Crippen LogP contribution >= 0.6 is 0 Å². The molecule has 0 fully saturated rings. The van der Waals surface area contributed by atoms with Gasteiger partial charge in [-0.15, -0.1) is 0 Å². The third kappa shape index (κ3) is 2.44. The largest absolute Gasteiger partial charge is 0.305 e. The summed E-state index contributed by atoms with van der Waals surface area (Å²) in [7, 11) is 1.66. The molecule has 0 saturated heterocycles. The number of pyridine rings is 1. The molecule has 0 saturated carbocycles. The van der Waals surface area contributed by atoms with Crippen molar-refractivity contribution in [2.45, 2.75) is 0 Å². The Labute approximate surface area is 124 Å². The second kappa shape index (κ2) is 5.36. The summed E-state index contributed by atoms with van der Waals surface area (Å²) in [6, 6.07) is 6.01. The number of aromatic nitrogens is 3. The molecule has 0 N–H and O–H groups in total. The number of nitro groups is 1. The first-order valence-corrected chi connectivity index (χ1v) is 6.45. The van der Waals surface area contributed by atoms with E-state index in [1.54, 1.807) is 37.7 Å². The molecular formula is C15H11FN4O2. The van der Waals surface area contributed by atoms with Gasteiger partial charge < -0.3 is 0 Å². The quantitative estimate of drug-likeness (QED) is 0.550. The zero-order valence-electron chi connectivity index (χ0n) is 11.6. The fourth-order valence-corrected chi connectivity index (χ4v) is 2.21. The Balaban J connectivity index is 2.12. The van der Waals surface area contributed by atoms with E-state index in [2.05, 4.69) is 10.1 Å². The van der Waals surface area contributed by atoms with Crippen LogP contribution in [0.5, 0.6) is 0 Å². The third-order valence-electron chi connectivity index (χ3n) is 3.26. The van der Waals surface area contributed by atoms with Crippen LogP contribution in [0, 0.1) is 15.9 Å². The van der Waals surface area contributed by atoms with Gasteiger partial charge in [-0.1, -0.05) is 12.1 Å². The molecule has 0 bridgehead atoms. The lowest BCUT2D eigenvalue weighted by atomic mass is 10.1. The van der Waals surface area contributed by atoms with Gasteiger partial charge in [-0.2, -0.15) is 9.49 Å². The highest BCUT2D eigenvalue weighted by Gasteiger charge is 2.18. The van der Waals surface area contributed by atoms with Crippen LogP contribution in [0.1, 0.15) is 11.3 Å². The topological polar surface area (TPSA) is 73.8 Å². The second-order valence-corrected chi connectivity index (χ2v) is 4.71. The fourth-order valence-electron chi connectivity index (χ4n) is 2.21. The summed E-state index contributed by atoms with van der Waals surface area (Å²) in [6.07, 6.45) is 6.87. The first kappa shape index (κ1) is 13.9. The summed E-state index contributed by atoms with van der Waals surface area (Å²) in [6.45, 7) is 0. The fraction of sp³-hybridized carbons (Fsp3) is 0.0667. The Bertz CT molecular complexity index is 887. The Morgan fingerprint density at radius 2 is 2.18 bits per heavy atom. The number of rotatable bonds is 3. The van der Waals surface area contributed by atoms with E-state index in [1.807, 2.05) is 6.07 Å². The number of nitrogens with zero attached hydrogens (tertiary/aromatic N) is 4. The van der Waals surface area contributed by atoms with Crippen molar-refractivity contribution >= 4 is 28.7 Å². The molecule has 7 heteroatoms. The monoisotopic (exact) mass is 298 g/mol. The van der Waals surface area contributed by atoms with E-state index >= 15 is 0 Å². The van der Waals surface area contributed by atoms with Crippen LogP contribution in [0.15, 0.2) is 36.7 Å². The Morgan fingerprint density at radius 3 is 2.86 bits per heavy atom. The maximum atomic E-state index is 13.7. The van der Waals surface area contributed by atoms with Gasteiger partial charge in [-0.25, -0.2) is 0 Å². The molecule has 22 heavy (non-hydrogen) atoms. The van der Waals surface area contributed by atoms with E-state index < -0.39 is 16.4 Å². The standard InChI is InChI=1S/C15H11FN4O2/c1-19-14-8-12(16)15(20(21)22)7-11(14)13(18-19)5-4-10-3-2-6-17-9-10/h2-9H,1H3/b5-4+. The van der Waals surface area contributed by atoms with Crippen LogP contribution < -0.4 is 0 Å². The van der Waals surface area contributed by atoms with E-state index in [1.165, 1.54) is 10.7 Å². The van der Waals surface area contributed by atoms with Crippen LogP contribution in [0.25, 0.3) is 23.1 Å². The van der Waals surface area contributed by atoms with Gasteiger partial charge in [0.15, 0.2) is 0 Å². The minimum absolute atomic E-state index is 0.494. The van der Waals surface area contributed by atoms with Crippen LogP contribution in [0.4, 0.5) is 10.1 Å². The predicted octanol–water partition coefficient (Wildman–Crippen LogP) is 3.19. The second-order valence-electron chi connectivity index (χ2n) is 4.71. The number of halogens is 1. The van der Waals surface area contributed by atoms with Crippen molar-refractivity contribution in [1.82, 2.24) is 14.8 Å². The average molecular weight is 298 g/mol. The molecule has 0 unspecified atom stereocenters. The number of hydrogen-bond acceptors (Lipinski definition) is 4. The van der Waals surface area contributed by atoms with Crippen LogP contribution in [-0.4, -0.2) is 19.7 Å². The van der Waals surface area contributed by atoms with E-state index in [0.717, 1.165) is 11.6 Å². The molecular weight excluding hydrogens is 287 g/mol. The maximum Gasteiger partial charge on any atom is 0.305 e. The van der Waals surface area contributed by atoms with Crippen molar-refractivity contribution in [3.8, 4) is 0 Å². The summed E-state index contributed by atoms with van der Waals surface area (Å²) in [5.74, 6) is -0.872. The number of aryl methyl sites for hydroxylation is 1. The normalized spacial score (nSPS) is 11.4. The Hall–Kier alpha value is -3.09. The molecule has 1 aromatic carbocycles. The smallest absolute Gasteiger partial charge is 0.267 e. The van der Waals surface area contributed by atoms with Gasteiger partial charge in [0.05, 0.1) is 16.1 Å². The summed E-state index contributed by atoms with van der Waals surface area (Å²) in [5, 5.41) is 15.7. The van der Waals surface area contributed by atoms with Crippen molar-refractivity contribution < 1.29 is 9.31 Å². The molecule has 0 aliphatic rings. The lowest BCUT2D eigenvalue weighted by Gasteiger charge is -1.96.